The highest BCUT2D eigenvalue weighted by Gasteiger charge is 2.26. The summed E-state index contributed by atoms with van der Waals surface area (Å²) in [4.78, 5) is 0. The Hall–Kier alpha value is -0.680. The molecule has 0 bridgehead atoms. The average Bonchev–Trinajstić information content (AvgIpc) is 2.27. The molecule has 0 saturated carbocycles. The molecule has 4 nitrogen and oxygen atoms in total. The largest absolute Gasteiger partial charge is 0.387 e. The van der Waals surface area contributed by atoms with Crippen LogP contribution in [0.2, 0.25) is 0 Å². The Bertz CT molecular complexity index is 262. The molecular weight excluding hydrogens is 182 g/mol. The summed E-state index contributed by atoms with van der Waals surface area (Å²) in [5.41, 5.74) is 6.19. The second kappa shape index (κ2) is 4.23. The van der Waals surface area contributed by atoms with Crippen molar-refractivity contribution in [3.05, 3.63) is 23.8 Å². The summed E-state index contributed by atoms with van der Waals surface area (Å²) in [7, 11) is 0. The SMILES string of the molecule is NCC(O)C1=CC2OCCOC2C=C1. The van der Waals surface area contributed by atoms with Gasteiger partial charge in [-0.3, -0.25) is 0 Å². The minimum atomic E-state index is -0.599. The Morgan fingerprint density at radius 3 is 2.86 bits per heavy atom. The van der Waals surface area contributed by atoms with Crippen molar-refractivity contribution in [2.24, 2.45) is 5.73 Å². The van der Waals surface area contributed by atoms with E-state index >= 15 is 0 Å². The van der Waals surface area contributed by atoms with Crippen LogP contribution in [0.4, 0.5) is 0 Å². The lowest BCUT2D eigenvalue weighted by Gasteiger charge is -2.31. The van der Waals surface area contributed by atoms with Gasteiger partial charge in [0.2, 0.25) is 0 Å². The summed E-state index contributed by atoms with van der Waals surface area (Å²) in [5, 5.41) is 9.53. The van der Waals surface area contributed by atoms with E-state index in [1.807, 2.05) is 18.2 Å². The van der Waals surface area contributed by atoms with Crippen LogP contribution in [0.3, 0.4) is 0 Å². The maximum absolute atomic E-state index is 9.53. The molecule has 0 spiro atoms. The summed E-state index contributed by atoms with van der Waals surface area (Å²) in [6, 6.07) is 0. The van der Waals surface area contributed by atoms with Crippen molar-refractivity contribution in [2.45, 2.75) is 18.3 Å². The van der Waals surface area contributed by atoms with Gasteiger partial charge in [-0.1, -0.05) is 12.2 Å². The Kier molecular flexibility index (Phi) is 2.98. The summed E-state index contributed by atoms with van der Waals surface area (Å²) in [6.45, 7) is 1.47. The zero-order chi connectivity index (χ0) is 9.97. The number of fused-ring (bicyclic) bond motifs is 1. The van der Waals surface area contributed by atoms with Crippen LogP contribution in [0, 0.1) is 0 Å². The number of hydrogen-bond acceptors (Lipinski definition) is 4. The van der Waals surface area contributed by atoms with Crippen molar-refractivity contribution in [3.8, 4) is 0 Å². The van der Waals surface area contributed by atoms with E-state index in [-0.39, 0.29) is 18.8 Å². The van der Waals surface area contributed by atoms with Crippen molar-refractivity contribution in [1.82, 2.24) is 0 Å². The predicted molar refractivity (Wildman–Crippen MR) is 51.8 cm³/mol. The third-order valence-corrected chi connectivity index (χ3v) is 2.47. The smallest absolute Gasteiger partial charge is 0.106 e. The van der Waals surface area contributed by atoms with Crippen LogP contribution in [0.25, 0.3) is 0 Å². The summed E-state index contributed by atoms with van der Waals surface area (Å²) in [6.07, 6.45) is 4.99. The lowest BCUT2D eigenvalue weighted by atomic mass is 9.98. The van der Waals surface area contributed by atoms with Gasteiger partial charge in [0.15, 0.2) is 0 Å². The molecule has 1 fully saturated rings. The zero-order valence-corrected chi connectivity index (χ0v) is 7.93. The van der Waals surface area contributed by atoms with Crippen LogP contribution in [0.5, 0.6) is 0 Å². The number of hydrogen-bond donors (Lipinski definition) is 2. The number of aliphatic hydroxyl groups is 1. The fourth-order valence-corrected chi connectivity index (χ4v) is 1.68. The number of rotatable bonds is 2. The van der Waals surface area contributed by atoms with Crippen molar-refractivity contribution >= 4 is 0 Å². The normalized spacial score (nSPS) is 33.4. The summed E-state index contributed by atoms with van der Waals surface area (Å²) < 4.78 is 11.0. The van der Waals surface area contributed by atoms with E-state index < -0.39 is 6.10 Å². The maximum Gasteiger partial charge on any atom is 0.106 e. The standard InChI is InChI=1S/C10H15NO3/c11-6-8(12)7-1-2-9-10(5-7)14-4-3-13-9/h1-2,5,8-10,12H,3-4,6,11H2. The molecule has 78 valence electrons. The van der Waals surface area contributed by atoms with Gasteiger partial charge in [0.25, 0.3) is 0 Å². The van der Waals surface area contributed by atoms with Gasteiger partial charge in [-0.05, 0) is 11.6 Å². The van der Waals surface area contributed by atoms with Crippen molar-refractivity contribution in [3.63, 3.8) is 0 Å². The molecule has 2 aliphatic rings. The average molecular weight is 197 g/mol. The number of nitrogens with two attached hydrogens (primary N) is 1. The Morgan fingerprint density at radius 1 is 1.43 bits per heavy atom. The monoisotopic (exact) mass is 197 g/mol. The van der Waals surface area contributed by atoms with Gasteiger partial charge in [-0.15, -0.1) is 0 Å². The maximum atomic E-state index is 9.53. The Morgan fingerprint density at radius 2 is 2.14 bits per heavy atom. The molecule has 0 aromatic carbocycles. The van der Waals surface area contributed by atoms with Crippen LogP contribution in [0.15, 0.2) is 23.8 Å². The van der Waals surface area contributed by atoms with Gasteiger partial charge >= 0.3 is 0 Å². The van der Waals surface area contributed by atoms with Crippen molar-refractivity contribution < 1.29 is 14.6 Å². The van der Waals surface area contributed by atoms with Crippen LogP contribution < -0.4 is 5.73 Å². The first-order chi connectivity index (χ1) is 6.81. The third-order valence-electron chi connectivity index (χ3n) is 2.47. The highest BCUT2D eigenvalue weighted by atomic mass is 16.6. The van der Waals surface area contributed by atoms with Crippen LogP contribution in [0.1, 0.15) is 0 Å². The van der Waals surface area contributed by atoms with Gasteiger partial charge in [0.1, 0.15) is 12.2 Å². The molecule has 0 aromatic rings. The molecule has 1 heterocycles. The second-order valence-corrected chi connectivity index (χ2v) is 3.45. The Labute approximate surface area is 83.0 Å². The lowest BCUT2D eigenvalue weighted by molar-refractivity contribution is -0.102. The van der Waals surface area contributed by atoms with E-state index in [0.29, 0.717) is 13.2 Å². The molecule has 14 heavy (non-hydrogen) atoms. The molecule has 1 saturated heterocycles. The van der Waals surface area contributed by atoms with E-state index in [9.17, 15) is 5.11 Å². The first-order valence-corrected chi connectivity index (χ1v) is 4.82. The van der Waals surface area contributed by atoms with Gasteiger partial charge < -0.3 is 20.3 Å². The molecular formula is C10H15NO3. The molecule has 4 heteroatoms. The van der Waals surface area contributed by atoms with E-state index in [1.165, 1.54) is 0 Å². The van der Waals surface area contributed by atoms with Crippen molar-refractivity contribution in [1.29, 1.82) is 0 Å². The number of ether oxygens (including phenoxy) is 2. The Balaban J connectivity index is 2.08. The molecule has 0 radical (unpaired) electrons. The highest BCUT2D eigenvalue weighted by molar-refractivity contribution is 5.31. The fourth-order valence-electron chi connectivity index (χ4n) is 1.68. The minimum Gasteiger partial charge on any atom is -0.387 e. The van der Waals surface area contributed by atoms with Crippen LogP contribution in [-0.2, 0) is 9.47 Å². The summed E-state index contributed by atoms with van der Waals surface area (Å²) >= 11 is 0. The summed E-state index contributed by atoms with van der Waals surface area (Å²) in [5.74, 6) is 0. The fraction of sp³-hybridized carbons (Fsp3) is 0.600. The molecule has 3 N–H and O–H groups in total. The van der Waals surface area contributed by atoms with E-state index in [4.69, 9.17) is 15.2 Å². The first-order valence-electron chi connectivity index (χ1n) is 4.82. The third kappa shape index (κ3) is 1.88. The first kappa shape index (κ1) is 9.86. The molecule has 3 atom stereocenters. The molecule has 0 amide bonds. The predicted octanol–water partition coefficient (Wildman–Crippen LogP) is -0.414. The second-order valence-electron chi connectivity index (χ2n) is 3.45. The topological polar surface area (TPSA) is 64.7 Å². The van der Waals surface area contributed by atoms with E-state index in [2.05, 4.69) is 0 Å². The molecule has 0 aromatic heterocycles. The van der Waals surface area contributed by atoms with Crippen molar-refractivity contribution in [2.75, 3.05) is 19.8 Å². The molecule has 2 rings (SSSR count). The molecule has 1 aliphatic carbocycles. The number of aliphatic hydroxyl groups excluding tert-OH is 1. The minimum absolute atomic E-state index is 0.00234. The van der Waals surface area contributed by atoms with Gasteiger partial charge in [0, 0.05) is 6.54 Å². The van der Waals surface area contributed by atoms with E-state index in [1.54, 1.807) is 0 Å². The zero-order valence-electron chi connectivity index (χ0n) is 7.93. The highest BCUT2D eigenvalue weighted by Crippen LogP contribution is 2.21. The van der Waals surface area contributed by atoms with Crippen LogP contribution in [-0.4, -0.2) is 43.2 Å². The lowest BCUT2D eigenvalue weighted by Crippen LogP contribution is -2.38. The van der Waals surface area contributed by atoms with Crippen LogP contribution >= 0.6 is 0 Å². The molecule has 3 unspecified atom stereocenters. The van der Waals surface area contributed by atoms with E-state index in [0.717, 1.165) is 5.57 Å². The van der Waals surface area contributed by atoms with Gasteiger partial charge in [-0.2, -0.15) is 0 Å². The van der Waals surface area contributed by atoms with Gasteiger partial charge in [0.05, 0.1) is 19.3 Å². The molecule has 1 aliphatic heterocycles. The van der Waals surface area contributed by atoms with Gasteiger partial charge in [-0.25, -0.2) is 0 Å². The quantitative estimate of drug-likeness (QED) is 0.631.